The number of rotatable bonds is 4. The maximum atomic E-state index is 9.14. The van der Waals surface area contributed by atoms with Crippen molar-refractivity contribution in [2.24, 2.45) is 0 Å². The molecule has 1 heterocycles. The molecule has 0 spiro atoms. The van der Waals surface area contributed by atoms with Crippen LogP contribution in [0.25, 0.3) is 22.2 Å². The first-order chi connectivity index (χ1) is 10.7. The van der Waals surface area contributed by atoms with Gasteiger partial charge in [0.15, 0.2) is 0 Å². The molecule has 0 atom stereocenters. The van der Waals surface area contributed by atoms with E-state index in [0.29, 0.717) is 12.5 Å². The zero-order chi connectivity index (χ0) is 15.5. The van der Waals surface area contributed by atoms with Gasteiger partial charge in [-0.25, -0.2) is 9.97 Å². The van der Waals surface area contributed by atoms with Crippen molar-refractivity contribution in [3.05, 3.63) is 54.1 Å². The molecule has 0 fully saturated rings. The van der Waals surface area contributed by atoms with E-state index in [1.165, 1.54) is 5.56 Å². The van der Waals surface area contributed by atoms with E-state index in [2.05, 4.69) is 30.1 Å². The van der Waals surface area contributed by atoms with Crippen molar-refractivity contribution in [1.29, 1.82) is 0 Å². The van der Waals surface area contributed by atoms with Gasteiger partial charge in [-0.3, -0.25) is 0 Å². The van der Waals surface area contributed by atoms with E-state index in [1.54, 1.807) is 0 Å². The molecule has 22 heavy (non-hydrogen) atoms. The van der Waals surface area contributed by atoms with Gasteiger partial charge in [0.25, 0.3) is 0 Å². The Morgan fingerprint density at radius 1 is 1.05 bits per heavy atom. The lowest BCUT2D eigenvalue weighted by molar-refractivity contribution is 0.303. The molecule has 0 bridgehead atoms. The van der Waals surface area contributed by atoms with Gasteiger partial charge in [-0.05, 0) is 19.1 Å². The summed E-state index contributed by atoms with van der Waals surface area (Å²) in [5.41, 5.74) is 4.12. The molecular weight excluding hydrogens is 274 g/mol. The molecule has 4 nitrogen and oxygen atoms in total. The minimum Gasteiger partial charge on any atom is -0.395 e. The zero-order valence-corrected chi connectivity index (χ0v) is 12.8. The van der Waals surface area contributed by atoms with Gasteiger partial charge in [-0.2, -0.15) is 0 Å². The lowest BCUT2D eigenvalue weighted by Crippen LogP contribution is -2.23. The number of hydrogen-bond acceptors (Lipinski definition) is 4. The molecule has 2 aromatic carbocycles. The molecular formula is C18H19N3O. The Balaban J connectivity index is 2.22. The topological polar surface area (TPSA) is 49.2 Å². The van der Waals surface area contributed by atoms with Crippen LogP contribution in [0.1, 0.15) is 5.56 Å². The van der Waals surface area contributed by atoms with Crippen molar-refractivity contribution < 1.29 is 5.11 Å². The second-order valence-corrected chi connectivity index (χ2v) is 5.40. The van der Waals surface area contributed by atoms with Crippen LogP contribution < -0.4 is 4.90 Å². The van der Waals surface area contributed by atoms with Gasteiger partial charge in [0.1, 0.15) is 0 Å². The number of aryl methyl sites for hydroxylation is 1. The fourth-order valence-corrected chi connectivity index (χ4v) is 2.50. The summed E-state index contributed by atoms with van der Waals surface area (Å²) >= 11 is 0. The van der Waals surface area contributed by atoms with Gasteiger partial charge in [0, 0.05) is 24.5 Å². The number of benzene rings is 2. The third-order valence-corrected chi connectivity index (χ3v) is 3.66. The van der Waals surface area contributed by atoms with Crippen molar-refractivity contribution in [3.8, 4) is 11.3 Å². The van der Waals surface area contributed by atoms with E-state index in [0.717, 1.165) is 22.2 Å². The van der Waals surface area contributed by atoms with E-state index >= 15 is 0 Å². The van der Waals surface area contributed by atoms with Crippen molar-refractivity contribution in [1.82, 2.24) is 9.97 Å². The molecule has 0 aliphatic carbocycles. The average Bonchev–Trinajstić information content (AvgIpc) is 2.54. The molecule has 0 aliphatic rings. The Morgan fingerprint density at radius 2 is 1.86 bits per heavy atom. The normalized spacial score (nSPS) is 10.9. The Bertz CT molecular complexity index is 801. The van der Waals surface area contributed by atoms with Gasteiger partial charge in [-0.1, -0.05) is 42.0 Å². The smallest absolute Gasteiger partial charge is 0.226 e. The third kappa shape index (κ3) is 2.78. The lowest BCUT2D eigenvalue weighted by Gasteiger charge is -2.17. The van der Waals surface area contributed by atoms with E-state index in [4.69, 9.17) is 10.1 Å². The molecule has 4 heteroatoms. The Kier molecular flexibility index (Phi) is 4.02. The lowest BCUT2D eigenvalue weighted by atomic mass is 10.0. The van der Waals surface area contributed by atoms with Gasteiger partial charge >= 0.3 is 0 Å². The summed E-state index contributed by atoms with van der Waals surface area (Å²) < 4.78 is 0. The van der Waals surface area contributed by atoms with Crippen LogP contribution in [0.3, 0.4) is 0 Å². The van der Waals surface area contributed by atoms with Crippen molar-refractivity contribution >= 4 is 16.9 Å². The Hall–Kier alpha value is -2.46. The SMILES string of the molecule is Cc1cccc(-c2nc(N(C)CCO)nc3ccccc23)c1. The van der Waals surface area contributed by atoms with Crippen LogP contribution in [0.4, 0.5) is 5.95 Å². The average molecular weight is 293 g/mol. The number of nitrogens with zero attached hydrogens (tertiary/aromatic N) is 3. The standard InChI is InChI=1S/C18H19N3O/c1-13-6-5-7-14(12-13)17-15-8-3-4-9-16(15)19-18(20-17)21(2)10-11-22/h3-9,12,22H,10-11H2,1-2H3. The van der Waals surface area contributed by atoms with Crippen molar-refractivity contribution in [2.45, 2.75) is 6.92 Å². The maximum Gasteiger partial charge on any atom is 0.226 e. The first-order valence-corrected chi connectivity index (χ1v) is 7.35. The molecule has 1 N–H and O–H groups in total. The molecule has 3 rings (SSSR count). The fraction of sp³-hybridized carbons (Fsp3) is 0.222. The summed E-state index contributed by atoms with van der Waals surface area (Å²) in [6.07, 6.45) is 0. The molecule has 0 amide bonds. The number of anilines is 1. The van der Waals surface area contributed by atoms with Gasteiger partial charge in [0.2, 0.25) is 5.95 Å². The highest BCUT2D eigenvalue weighted by Crippen LogP contribution is 2.28. The van der Waals surface area contributed by atoms with Crippen LogP contribution >= 0.6 is 0 Å². The van der Waals surface area contributed by atoms with Gasteiger partial charge in [0.05, 0.1) is 17.8 Å². The molecule has 3 aromatic rings. The number of likely N-dealkylation sites (N-methyl/N-ethyl adjacent to an activating group) is 1. The molecule has 0 unspecified atom stereocenters. The summed E-state index contributed by atoms with van der Waals surface area (Å²) in [7, 11) is 1.89. The van der Waals surface area contributed by atoms with Gasteiger partial charge in [-0.15, -0.1) is 0 Å². The highest BCUT2D eigenvalue weighted by Gasteiger charge is 2.12. The van der Waals surface area contributed by atoms with Crippen LogP contribution in [0.2, 0.25) is 0 Å². The van der Waals surface area contributed by atoms with Crippen LogP contribution in [-0.4, -0.2) is 35.3 Å². The predicted molar refractivity (Wildman–Crippen MR) is 90.1 cm³/mol. The van der Waals surface area contributed by atoms with Crippen LogP contribution in [0, 0.1) is 6.92 Å². The number of fused-ring (bicyclic) bond motifs is 1. The van der Waals surface area contributed by atoms with Gasteiger partial charge < -0.3 is 10.0 Å². The second kappa shape index (κ2) is 6.12. The highest BCUT2D eigenvalue weighted by atomic mass is 16.3. The minimum atomic E-state index is 0.0759. The number of hydrogen-bond donors (Lipinski definition) is 1. The van der Waals surface area contributed by atoms with E-state index in [1.807, 2.05) is 42.3 Å². The highest BCUT2D eigenvalue weighted by molar-refractivity contribution is 5.93. The number of aliphatic hydroxyl groups is 1. The molecule has 0 radical (unpaired) electrons. The summed E-state index contributed by atoms with van der Waals surface area (Å²) in [6, 6.07) is 16.3. The molecule has 112 valence electrons. The van der Waals surface area contributed by atoms with Crippen molar-refractivity contribution in [2.75, 3.05) is 25.1 Å². The Morgan fingerprint density at radius 3 is 2.64 bits per heavy atom. The first kappa shape index (κ1) is 14.5. The van der Waals surface area contributed by atoms with E-state index in [-0.39, 0.29) is 6.61 Å². The van der Waals surface area contributed by atoms with Crippen LogP contribution in [0.5, 0.6) is 0 Å². The largest absolute Gasteiger partial charge is 0.395 e. The number of aromatic nitrogens is 2. The van der Waals surface area contributed by atoms with Crippen LogP contribution in [-0.2, 0) is 0 Å². The third-order valence-electron chi connectivity index (χ3n) is 3.66. The molecule has 0 saturated heterocycles. The summed E-state index contributed by atoms with van der Waals surface area (Å²) in [4.78, 5) is 11.2. The summed E-state index contributed by atoms with van der Waals surface area (Å²) in [6.45, 7) is 2.66. The second-order valence-electron chi connectivity index (χ2n) is 5.40. The van der Waals surface area contributed by atoms with E-state index < -0.39 is 0 Å². The number of para-hydroxylation sites is 1. The van der Waals surface area contributed by atoms with Crippen molar-refractivity contribution in [3.63, 3.8) is 0 Å². The molecule has 0 saturated carbocycles. The summed E-state index contributed by atoms with van der Waals surface area (Å²) in [5, 5.41) is 10.2. The quantitative estimate of drug-likeness (QED) is 0.803. The number of aliphatic hydroxyl groups excluding tert-OH is 1. The summed E-state index contributed by atoms with van der Waals surface area (Å²) in [5.74, 6) is 0.629. The van der Waals surface area contributed by atoms with Crippen LogP contribution in [0.15, 0.2) is 48.5 Å². The minimum absolute atomic E-state index is 0.0759. The molecule has 0 aliphatic heterocycles. The van der Waals surface area contributed by atoms with E-state index in [9.17, 15) is 0 Å². The Labute approximate surface area is 130 Å². The maximum absolute atomic E-state index is 9.14. The molecule has 1 aromatic heterocycles. The monoisotopic (exact) mass is 293 g/mol. The zero-order valence-electron chi connectivity index (χ0n) is 12.8. The first-order valence-electron chi connectivity index (χ1n) is 7.35. The predicted octanol–water partition coefficient (Wildman–Crippen LogP) is 3.03. The fourth-order valence-electron chi connectivity index (χ4n) is 2.50.